The number of thioether (sulfide) groups is 1. The van der Waals surface area contributed by atoms with Gasteiger partial charge in [-0.3, -0.25) is 14.5 Å². The third-order valence-electron chi connectivity index (χ3n) is 5.46. The normalized spacial score (nSPS) is 16.0. The molecule has 0 N–H and O–H groups in total. The average molecular weight is 492 g/mol. The summed E-state index contributed by atoms with van der Waals surface area (Å²) in [7, 11) is 3.71. The zero-order valence-electron chi connectivity index (χ0n) is 18.4. The highest BCUT2D eigenvalue weighted by atomic mass is 32.2. The number of fused-ring (bicyclic) bond motifs is 1. The highest BCUT2D eigenvalue weighted by Gasteiger charge is 2.35. The van der Waals surface area contributed by atoms with Crippen LogP contribution >= 0.6 is 11.8 Å². The molecule has 1 aromatic heterocycles. The van der Waals surface area contributed by atoms with Gasteiger partial charge < -0.3 is 9.47 Å². The molecule has 1 aliphatic rings. The molecule has 2 amide bonds. The first-order chi connectivity index (χ1) is 16.0. The van der Waals surface area contributed by atoms with E-state index in [4.69, 9.17) is 0 Å². The number of rotatable bonds is 6. The molecule has 0 radical (unpaired) electrons. The Morgan fingerprint density at radius 1 is 1.06 bits per heavy atom. The summed E-state index contributed by atoms with van der Waals surface area (Å²) >= 11 is 0.883. The van der Waals surface area contributed by atoms with Crippen molar-refractivity contribution in [2.45, 2.75) is 12.7 Å². The lowest BCUT2D eigenvalue weighted by Gasteiger charge is -2.15. The Bertz CT molecular complexity index is 1300. The summed E-state index contributed by atoms with van der Waals surface area (Å²) in [5, 5.41) is 0.446. The van der Waals surface area contributed by atoms with Crippen LogP contribution in [0.2, 0.25) is 0 Å². The second kappa shape index (κ2) is 9.27. The van der Waals surface area contributed by atoms with E-state index in [1.165, 1.54) is 4.90 Å². The Labute approximate surface area is 197 Å². The maximum Gasteiger partial charge on any atom is 0.416 e. The number of amides is 2. The summed E-state index contributed by atoms with van der Waals surface area (Å²) in [6.45, 7) is 0.790. The Morgan fingerprint density at radius 2 is 1.82 bits per heavy atom. The molecule has 34 heavy (non-hydrogen) atoms. The first-order valence-electron chi connectivity index (χ1n) is 10.4. The summed E-state index contributed by atoms with van der Waals surface area (Å²) in [5.41, 5.74) is 0.340. The van der Waals surface area contributed by atoms with Crippen molar-refractivity contribution in [3.05, 3.63) is 76.1 Å². The first-order valence-corrected chi connectivity index (χ1v) is 11.2. The Morgan fingerprint density at radius 3 is 2.53 bits per heavy atom. The molecule has 0 saturated carbocycles. The van der Waals surface area contributed by atoms with E-state index in [-0.39, 0.29) is 23.3 Å². The van der Waals surface area contributed by atoms with Crippen LogP contribution in [0.1, 0.15) is 16.7 Å². The van der Waals surface area contributed by atoms with Gasteiger partial charge in [-0.1, -0.05) is 12.1 Å². The number of aromatic nitrogens is 1. The van der Waals surface area contributed by atoms with Crippen molar-refractivity contribution < 1.29 is 27.2 Å². The molecule has 4 rings (SSSR count). The predicted octanol–water partition coefficient (Wildman–Crippen LogP) is 5.45. The lowest BCUT2D eigenvalue weighted by atomic mass is 10.1. The van der Waals surface area contributed by atoms with Crippen LogP contribution in [0.25, 0.3) is 17.0 Å². The number of nitrogens with zero attached hydrogens (tertiary/aromatic N) is 3. The topological polar surface area (TPSA) is 45.5 Å². The van der Waals surface area contributed by atoms with Gasteiger partial charge in [-0.15, -0.1) is 0 Å². The maximum absolute atomic E-state index is 13.4. The molecule has 3 aromatic rings. The van der Waals surface area contributed by atoms with Crippen LogP contribution < -0.4 is 0 Å². The lowest BCUT2D eigenvalue weighted by Crippen LogP contribution is -2.34. The lowest BCUT2D eigenvalue weighted by molar-refractivity contribution is -0.138. The van der Waals surface area contributed by atoms with Crippen LogP contribution in [0.5, 0.6) is 0 Å². The molecular formula is C24H21F4N3O2S. The third kappa shape index (κ3) is 5.02. The summed E-state index contributed by atoms with van der Waals surface area (Å²) in [4.78, 5) is 28.2. The SMILES string of the molecule is CN(C)CCN1C(=O)SC(=Cc2ccc3c(ccn3Cc3ccc(F)cc3C(F)(F)F)c2)C1=O. The van der Waals surface area contributed by atoms with Crippen molar-refractivity contribution in [2.24, 2.45) is 0 Å². The fraction of sp³-hybridized carbons (Fsp3) is 0.250. The molecule has 2 aromatic carbocycles. The molecular weight excluding hydrogens is 470 g/mol. The van der Waals surface area contributed by atoms with Crippen molar-refractivity contribution in [1.29, 1.82) is 0 Å². The smallest absolute Gasteiger partial charge is 0.343 e. The molecule has 2 heterocycles. The van der Waals surface area contributed by atoms with Gasteiger partial charge in [-0.2, -0.15) is 13.2 Å². The number of imide groups is 1. The van der Waals surface area contributed by atoms with Gasteiger partial charge in [0.2, 0.25) is 0 Å². The minimum absolute atomic E-state index is 0.0399. The van der Waals surface area contributed by atoms with Crippen molar-refractivity contribution in [1.82, 2.24) is 14.4 Å². The van der Waals surface area contributed by atoms with Crippen LogP contribution in [0.4, 0.5) is 22.4 Å². The Hall–Kier alpha value is -3.11. The van der Waals surface area contributed by atoms with Gasteiger partial charge in [0, 0.05) is 36.7 Å². The number of benzene rings is 2. The zero-order chi connectivity index (χ0) is 24.6. The van der Waals surface area contributed by atoms with Gasteiger partial charge in [-0.05, 0) is 73.4 Å². The minimum atomic E-state index is -4.66. The van der Waals surface area contributed by atoms with Crippen molar-refractivity contribution >= 4 is 39.9 Å². The highest BCUT2D eigenvalue weighted by molar-refractivity contribution is 8.18. The number of halogens is 4. The number of carbonyl (C=O) groups is 2. The van der Waals surface area contributed by atoms with E-state index in [2.05, 4.69) is 0 Å². The van der Waals surface area contributed by atoms with Crippen LogP contribution in [-0.4, -0.2) is 52.7 Å². The number of carbonyl (C=O) groups excluding carboxylic acids is 2. The maximum atomic E-state index is 13.4. The second-order valence-corrected chi connectivity index (χ2v) is 9.19. The molecule has 178 valence electrons. The fourth-order valence-electron chi connectivity index (χ4n) is 3.72. The summed E-state index contributed by atoms with van der Waals surface area (Å²) in [5.74, 6) is -1.28. The molecule has 0 unspecified atom stereocenters. The van der Waals surface area contributed by atoms with E-state index < -0.39 is 17.6 Å². The van der Waals surface area contributed by atoms with Gasteiger partial charge in [0.25, 0.3) is 11.1 Å². The minimum Gasteiger partial charge on any atom is -0.343 e. The number of alkyl halides is 3. The molecule has 1 fully saturated rings. The van der Waals surface area contributed by atoms with E-state index >= 15 is 0 Å². The Kier molecular flexibility index (Phi) is 6.55. The molecule has 0 spiro atoms. The average Bonchev–Trinajstić information content (AvgIpc) is 3.27. The van der Waals surface area contributed by atoms with Gasteiger partial charge in [0.15, 0.2) is 0 Å². The van der Waals surface area contributed by atoms with E-state index in [0.717, 1.165) is 29.3 Å². The third-order valence-corrected chi connectivity index (χ3v) is 6.36. The van der Waals surface area contributed by atoms with Crippen LogP contribution in [0.15, 0.2) is 53.6 Å². The molecule has 0 aliphatic carbocycles. The summed E-state index contributed by atoms with van der Waals surface area (Å²) < 4.78 is 55.1. The predicted molar refractivity (Wildman–Crippen MR) is 124 cm³/mol. The van der Waals surface area contributed by atoms with Crippen LogP contribution in [-0.2, 0) is 17.5 Å². The molecule has 1 saturated heterocycles. The summed E-state index contributed by atoms with van der Waals surface area (Å²) in [6, 6.07) is 9.70. The number of hydrogen-bond donors (Lipinski definition) is 0. The van der Waals surface area contributed by atoms with Crippen LogP contribution in [0, 0.1) is 5.82 Å². The van der Waals surface area contributed by atoms with E-state index in [0.29, 0.717) is 35.1 Å². The Balaban J connectivity index is 1.58. The van der Waals surface area contributed by atoms with Gasteiger partial charge in [0.05, 0.1) is 10.5 Å². The number of likely N-dealkylation sites (N-methyl/N-ethyl adjacent to an activating group) is 1. The van der Waals surface area contributed by atoms with Crippen molar-refractivity contribution in [3.8, 4) is 0 Å². The van der Waals surface area contributed by atoms with E-state index in [9.17, 15) is 27.2 Å². The van der Waals surface area contributed by atoms with Crippen molar-refractivity contribution in [2.75, 3.05) is 27.2 Å². The molecule has 5 nitrogen and oxygen atoms in total. The quantitative estimate of drug-likeness (QED) is 0.340. The highest BCUT2D eigenvalue weighted by Crippen LogP contribution is 2.34. The van der Waals surface area contributed by atoms with Gasteiger partial charge >= 0.3 is 6.18 Å². The number of hydrogen-bond acceptors (Lipinski definition) is 4. The molecule has 10 heteroatoms. The molecule has 0 atom stereocenters. The monoisotopic (exact) mass is 491 g/mol. The molecule has 1 aliphatic heterocycles. The summed E-state index contributed by atoms with van der Waals surface area (Å²) in [6.07, 6.45) is -1.37. The second-order valence-electron chi connectivity index (χ2n) is 8.20. The van der Waals surface area contributed by atoms with E-state index in [1.807, 2.05) is 19.0 Å². The van der Waals surface area contributed by atoms with E-state index in [1.54, 1.807) is 41.1 Å². The van der Waals surface area contributed by atoms with Gasteiger partial charge in [0.1, 0.15) is 5.82 Å². The fourth-order valence-corrected chi connectivity index (χ4v) is 4.59. The standard InChI is InChI=1S/C24H21F4N3O2S/c1-29(2)9-10-31-22(32)21(34-23(31)33)12-15-3-6-20-16(11-15)7-8-30(20)14-17-4-5-18(25)13-19(17)24(26,27)28/h3-8,11-13H,9-10,14H2,1-2H3. The van der Waals surface area contributed by atoms with Gasteiger partial charge in [-0.25, -0.2) is 4.39 Å². The zero-order valence-corrected chi connectivity index (χ0v) is 19.2. The van der Waals surface area contributed by atoms with Crippen molar-refractivity contribution in [3.63, 3.8) is 0 Å². The van der Waals surface area contributed by atoms with Crippen LogP contribution in [0.3, 0.4) is 0 Å². The largest absolute Gasteiger partial charge is 0.416 e. The molecule has 0 bridgehead atoms. The first kappa shape index (κ1) is 24.0.